The number of unbranched alkanes of at least 4 members (excludes halogenated alkanes) is 2. The molecule has 0 spiro atoms. The smallest absolute Gasteiger partial charge is 0.251 e. The fraction of sp³-hybridized carbons (Fsp3) is 0.467. The Morgan fingerprint density at radius 1 is 1.05 bits per heavy atom. The molecular formula is C15H21ClN2O2. The Morgan fingerprint density at radius 3 is 2.35 bits per heavy atom. The average molecular weight is 297 g/mol. The maximum Gasteiger partial charge on any atom is 0.251 e. The van der Waals surface area contributed by atoms with Gasteiger partial charge in [-0.05, 0) is 30.7 Å². The van der Waals surface area contributed by atoms with Gasteiger partial charge in [0.25, 0.3) is 5.91 Å². The Balaban J connectivity index is 2.16. The van der Waals surface area contributed by atoms with Crippen LogP contribution in [0.1, 0.15) is 43.0 Å². The van der Waals surface area contributed by atoms with Crippen molar-refractivity contribution in [1.82, 2.24) is 10.6 Å². The summed E-state index contributed by atoms with van der Waals surface area (Å²) < 4.78 is 0. The molecule has 20 heavy (non-hydrogen) atoms. The van der Waals surface area contributed by atoms with Gasteiger partial charge in [0.1, 0.15) is 0 Å². The van der Waals surface area contributed by atoms with Crippen molar-refractivity contribution >= 4 is 23.4 Å². The number of carbonyl (C=O) groups is 2. The van der Waals surface area contributed by atoms with Gasteiger partial charge in [-0.15, -0.1) is 0 Å². The van der Waals surface area contributed by atoms with Crippen LogP contribution in [0.15, 0.2) is 24.3 Å². The van der Waals surface area contributed by atoms with E-state index in [1.165, 1.54) is 0 Å². The lowest BCUT2D eigenvalue weighted by Crippen LogP contribution is -2.34. The van der Waals surface area contributed by atoms with Gasteiger partial charge in [-0.3, -0.25) is 9.59 Å². The number of carbonyl (C=O) groups excluding carboxylic acids is 2. The quantitative estimate of drug-likeness (QED) is 0.725. The molecule has 0 atom stereocenters. The molecule has 0 aliphatic carbocycles. The highest BCUT2D eigenvalue weighted by molar-refractivity contribution is 6.30. The number of hydrogen-bond acceptors (Lipinski definition) is 2. The van der Waals surface area contributed by atoms with Crippen LogP contribution in [0.2, 0.25) is 5.02 Å². The summed E-state index contributed by atoms with van der Waals surface area (Å²) >= 11 is 5.75. The van der Waals surface area contributed by atoms with Crippen LogP contribution in [0.3, 0.4) is 0 Å². The summed E-state index contributed by atoms with van der Waals surface area (Å²) in [5.41, 5.74) is 0.559. The summed E-state index contributed by atoms with van der Waals surface area (Å²) in [5, 5.41) is 6.13. The normalized spacial score (nSPS) is 10.1. The van der Waals surface area contributed by atoms with Crippen LogP contribution in [-0.2, 0) is 4.79 Å². The van der Waals surface area contributed by atoms with E-state index < -0.39 is 0 Å². The summed E-state index contributed by atoms with van der Waals surface area (Å²) in [7, 11) is 0. The Kier molecular flexibility index (Phi) is 7.73. The highest BCUT2D eigenvalue weighted by atomic mass is 35.5. The molecule has 1 aromatic carbocycles. The van der Waals surface area contributed by atoms with E-state index in [2.05, 4.69) is 17.6 Å². The van der Waals surface area contributed by atoms with Crippen LogP contribution in [0.4, 0.5) is 0 Å². The molecule has 0 heterocycles. The third kappa shape index (κ3) is 6.57. The van der Waals surface area contributed by atoms with Crippen molar-refractivity contribution in [2.75, 3.05) is 13.1 Å². The predicted octanol–water partition coefficient (Wildman–Crippen LogP) is 2.77. The van der Waals surface area contributed by atoms with Gasteiger partial charge in [0.15, 0.2) is 0 Å². The Morgan fingerprint density at radius 2 is 1.70 bits per heavy atom. The van der Waals surface area contributed by atoms with Crippen LogP contribution in [0.5, 0.6) is 0 Å². The van der Waals surface area contributed by atoms with E-state index in [0.29, 0.717) is 30.1 Å². The van der Waals surface area contributed by atoms with Crippen LogP contribution < -0.4 is 10.6 Å². The van der Waals surface area contributed by atoms with Gasteiger partial charge in [-0.2, -0.15) is 0 Å². The Hall–Kier alpha value is -1.55. The second-order valence-corrected chi connectivity index (χ2v) is 5.01. The van der Waals surface area contributed by atoms with Gasteiger partial charge in [0, 0.05) is 30.1 Å². The number of amides is 2. The molecule has 0 unspecified atom stereocenters. The zero-order valence-corrected chi connectivity index (χ0v) is 12.5. The topological polar surface area (TPSA) is 58.2 Å². The maximum atomic E-state index is 11.7. The molecule has 0 aliphatic rings. The maximum absolute atomic E-state index is 11.7. The molecule has 2 amide bonds. The van der Waals surface area contributed by atoms with E-state index in [0.717, 1.165) is 19.3 Å². The van der Waals surface area contributed by atoms with Gasteiger partial charge in [-0.1, -0.05) is 31.4 Å². The molecule has 0 saturated carbocycles. The first-order chi connectivity index (χ1) is 9.63. The van der Waals surface area contributed by atoms with Crippen LogP contribution in [0.25, 0.3) is 0 Å². The predicted molar refractivity (Wildman–Crippen MR) is 80.9 cm³/mol. The van der Waals surface area contributed by atoms with E-state index in [1.807, 2.05) is 0 Å². The number of nitrogens with one attached hydrogen (secondary N) is 2. The summed E-state index contributed by atoms with van der Waals surface area (Å²) in [6, 6.07) is 6.68. The molecule has 1 rings (SSSR count). The number of halogens is 1. The van der Waals surface area contributed by atoms with Crippen molar-refractivity contribution < 1.29 is 9.59 Å². The monoisotopic (exact) mass is 296 g/mol. The minimum absolute atomic E-state index is 0.0409. The number of hydrogen-bond donors (Lipinski definition) is 2. The molecular weight excluding hydrogens is 276 g/mol. The van der Waals surface area contributed by atoms with Gasteiger partial charge in [-0.25, -0.2) is 0 Å². The highest BCUT2D eigenvalue weighted by Crippen LogP contribution is 2.09. The third-order valence-corrected chi connectivity index (χ3v) is 3.10. The van der Waals surface area contributed by atoms with Crippen LogP contribution in [0, 0.1) is 0 Å². The van der Waals surface area contributed by atoms with Crippen molar-refractivity contribution in [2.45, 2.75) is 32.6 Å². The van der Waals surface area contributed by atoms with Crippen molar-refractivity contribution in [3.63, 3.8) is 0 Å². The Labute approximate surface area is 124 Å². The van der Waals surface area contributed by atoms with Gasteiger partial charge < -0.3 is 10.6 Å². The van der Waals surface area contributed by atoms with Crippen molar-refractivity contribution in [2.24, 2.45) is 0 Å². The second kappa shape index (κ2) is 9.37. The first kappa shape index (κ1) is 16.5. The summed E-state index contributed by atoms with van der Waals surface area (Å²) in [6.07, 6.45) is 3.64. The molecule has 0 fully saturated rings. The summed E-state index contributed by atoms with van der Waals surface area (Å²) in [4.78, 5) is 23.2. The average Bonchev–Trinajstić information content (AvgIpc) is 2.44. The van der Waals surface area contributed by atoms with E-state index in [9.17, 15) is 9.59 Å². The SMILES string of the molecule is CCCCCC(=O)NCCNC(=O)c1ccc(Cl)cc1. The third-order valence-electron chi connectivity index (χ3n) is 2.85. The molecule has 2 N–H and O–H groups in total. The highest BCUT2D eigenvalue weighted by Gasteiger charge is 2.04. The fourth-order valence-corrected chi connectivity index (χ4v) is 1.83. The number of rotatable bonds is 8. The zero-order valence-electron chi connectivity index (χ0n) is 11.7. The first-order valence-corrected chi connectivity index (χ1v) is 7.31. The molecule has 0 saturated heterocycles. The molecule has 5 heteroatoms. The summed E-state index contributed by atoms with van der Waals surface area (Å²) in [5.74, 6) is -0.124. The molecule has 0 radical (unpaired) electrons. The minimum Gasteiger partial charge on any atom is -0.354 e. The standard InChI is InChI=1S/C15H21ClN2O2/c1-2-3-4-5-14(19)17-10-11-18-15(20)12-6-8-13(16)9-7-12/h6-9H,2-5,10-11H2,1H3,(H,17,19)(H,18,20). The molecule has 1 aromatic rings. The molecule has 0 aromatic heterocycles. The zero-order chi connectivity index (χ0) is 14.8. The number of benzene rings is 1. The van der Waals surface area contributed by atoms with Gasteiger partial charge in [0.2, 0.25) is 5.91 Å². The lowest BCUT2D eigenvalue weighted by Gasteiger charge is -2.07. The van der Waals surface area contributed by atoms with Crippen LogP contribution >= 0.6 is 11.6 Å². The lowest BCUT2D eigenvalue weighted by molar-refractivity contribution is -0.121. The largest absolute Gasteiger partial charge is 0.354 e. The van der Waals surface area contributed by atoms with E-state index in [4.69, 9.17) is 11.6 Å². The van der Waals surface area contributed by atoms with Gasteiger partial charge >= 0.3 is 0 Å². The molecule has 0 aliphatic heterocycles. The van der Waals surface area contributed by atoms with Crippen molar-refractivity contribution in [3.8, 4) is 0 Å². The van der Waals surface area contributed by atoms with Gasteiger partial charge in [0.05, 0.1) is 0 Å². The van der Waals surface area contributed by atoms with E-state index >= 15 is 0 Å². The van der Waals surface area contributed by atoms with Crippen molar-refractivity contribution in [1.29, 1.82) is 0 Å². The lowest BCUT2D eigenvalue weighted by atomic mass is 10.2. The molecule has 110 valence electrons. The fourth-order valence-electron chi connectivity index (χ4n) is 1.71. The second-order valence-electron chi connectivity index (χ2n) is 4.57. The van der Waals surface area contributed by atoms with E-state index in [-0.39, 0.29) is 11.8 Å². The Bertz CT molecular complexity index is 432. The van der Waals surface area contributed by atoms with Crippen molar-refractivity contribution in [3.05, 3.63) is 34.9 Å². The van der Waals surface area contributed by atoms with Crippen LogP contribution in [-0.4, -0.2) is 24.9 Å². The minimum atomic E-state index is -0.165. The first-order valence-electron chi connectivity index (χ1n) is 6.94. The summed E-state index contributed by atoms with van der Waals surface area (Å²) in [6.45, 7) is 2.97. The van der Waals surface area contributed by atoms with E-state index in [1.54, 1.807) is 24.3 Å². The molecule has 0 bridgehead atoms. The molecule has 4 nitrogen and oxygen atoms in total.